The minimum absolute atomic E-state index is 0.0954. The number of anilines is 1. The molecule has 0 amide bonds. The second-order valence-corrected chi connectivity index (χ2v) is 8.18. The van der Waals surface area contributed by atoms with Gasteiger partial charge in [0.25, 0.3) is 10.0 Å². The fourth-order valence-electron chi connectivity index (χ4n) is 2.76. The number of hydrogen-bond acceptors (Lipinski definition) is 4. The van der Waals surface area contributed by atoms with Crippen LogP contribution in [0.2, 0.25) is 5.02 Å². The van der Waals surface area contributed by atoms with E-state index in [1.54, 1.807) is 22.9 Å². The molecule has 0 bridgehead atoms. The second-order valence-electron chi connectivity index (χ2n) is 6.09. The van der Waals surface area contributed by atoms with Gasteiger partial charge in [-0.3, -0.25) is 9.40 Å². The van der Waals surface area contributed by atoms with E-state index >= 15 is 0 Å². The Morgan fingerprint density at radius 1 is 1.44 bits per heavy atom. The molecular formula is C16H14ClN5O2S. The van der Waals surface area contributed by atoms with Gasteiger partial charge in [0.1, 0.15) is 16.7 Å². The van der Waals surface area contributed by atoms with Gasteiger partial charge in [0.15, 0.2) is 5.69 Å². The first-order valence-electron chi connectivity index (χ1n) is 7.73. The molecule has 0 spiro atoms. The third kappa shape index (κ3) is 2.97. The predicted octanol–water partition coefficient (Wildman–Crippen LogP) is 3.10. The molecule has 4 rings (SSSR count). The van der Waals surface area contributed by atoms with Gasteiger partial charge in [-0.1, -0.05) is 11.6 Å². The van der Waals surface area contributed by atoms with Crippen LogP contribution in [0.4, 0.5) is 5.69 Å². The van der Waals surface area contributed by atoms with E-state index in [1.165, 1.54) is 12.4 Å². The summed E-state index contributed by atoms with van der Waals surface area (Å²) < 4.78 is 29.6. The zero-order chi connectivity index (χ0) is 17.6. The number of H-pyrrole nitrogens is 1. The fraction of sp³-hybridized carbons (Fsp3) is 0.250. The number of nitrogens with zero attached hydrogens (tertiary/aromatic N) is 3. The van der Waals surface area contributed by atoms with Crippen molar-refractivity contribution in [3.63, 3.8) is 0 Å². The zero-order valence-corrected chi connectivity index (χ0v) is 14.6. The maximum atomic E-state index is 12.8. The van der Waals surface area contributed by atoms with Gasteiger partial charge in [-0.15, -0.1) is 0 Å². The topological polar surface area (TPSA) is 104 Å². The Hall–Kier alpha value is -2.50. The van der Waals surface area contributed by atoms with Crippen LogP contribution in [-0.2, 0) is 16.6 Å². The van der Waals surface area contributed by atoms with Crippen molar-refractivity contribution in [1.29, 1.82) is 5.26 Å². The van der Waals surface area contributed by atoms with Crippen LogP contribution in [0.5, 0.6) is 0 Å². The minimum atomic E-state index is -3.87. The first-order valence-corrected chi connectivity index (χ1v) is 9.59. The summed E-state index contributed by atoms with van der Waals surface area (Å²) in [6.45, 7) is 0.635. The first-order chi connectivity index (χ1) is 12.0. The van der Waals surface area contributed by atoms with Crippen molar-refractivity contribution < 1.29 is 8.42 Å². The summed E-state index contributed by atoms with van der Waals surface area (Å²) in [5.74, 6) is 0.523. The number of nitrogens with one attached hydrogen (secondary N) is 2. The molecule has 128 valence electrons. The lowest BCUT2D eigenvalue weighted by molar-refractivity contribution is 0.558. The Bertz CT molecular complexity index is 1110. The van der Waals surface area contributed by atoms with Crippen LogP contribution in [0, 0.1) is 17.2 Å². The number of aromatic nitrogens is 3. The molecular weight excluding hydrogens is 362 g/mol. The van der Waals surface area contributed by atoms with E-state index in [-0.39, 0.29) is 16.3 Å². The van der Waals surface area contributed by atoms with Crippen molar-refractivity contribution in [3.8, 4) is 6.07 Å². The highest BCUT2D eigenvalue weighted by Gasteiger charge is 2.26. The Morgan fingerprint density at radius 3 is 2.96 bits per heavy atom. The normalized spacial score (nSPS) is 14.6. The Balaban J connectivity index is 1.69. The fourth-order valence-corrected chi connectivity index (χ4v) is 4.16. The third-order valence-corrected chi connectivity index (χ3v) is 5.85. The molecule has 1 fully saturated rings. The number of benzene rings is 1. The summed E-state index contributed by atoms with van der Waals surface area (Å²) in [5, 5.41) is 14.6. The van der Waals surface area contributed by atoms with E-state index in [9.17, 15) is 13.7 Å². The van der Waals surface area contributed by atoms with Crippen molar-refractivity contribution in [3.05, 3.63) is 41.3 Å². The van der Waals surface area contributed by atoms with E-state index in [0.29, 0.717) is 28.4 Å². The molecule has 2 N–H and O–H groups in total. The summed E-state index contributed by atoms with van der Waals surface area (Å²) in [4.78, 5) is 2.99. The number of fused-ring (bicyclic) bond motifs is 1. The predicted molar refractivity (Wildman–Crippen MR) is 93.8 cm³/mol. The van der Waals surface area contributed by atoms with E-state index < -0.39 is 10.0 Å². The molecule has 1 aliphatic rings. The van der Waals surface area contributed by atoms with Crippen LogP contribution in [0.15, 0.2) is 35.5 Å². The van der Waals surface area contributed by atoms with Crippen molar-refractivity contribution in [1.82, 2.24) is 14.8 Å². The standard InChI is InChI=1S/C16H14ClN5O2S/c17-11-3-4-12-13(5-11)19-8-16(12)25(23,24)21-14-7-20-22(15(14)6-18)9-10-1-2-10/h3-5,7-8,10,19,21H,1-2,9H2. The lowest BCUT2D eigenvalue weighted by atomic mass is 10.2. The number of sulfonamides is 1. The molecule has 7 nitrogen and oxygen atoms in total. The average molecular weight is 376 g/mol. The van der Waals surface area contributed by atoms with Crippen LogP contribution in [0.3, 0.4) is 0 Å². The van der Waals surface area contributed by atoms with Gasteiger partial charge < -0.3 is 4.98 Å². The molecule has 2 aromatic heterocycles. The zero-order valence-electron chi connectivity index (χ0n) is 13.0. The molecule has 1 aliphatic carbocycles. The molecule has 1 saturated carbocycles. The smallest absolute Gasteiger partial charge is 0.264 e. The number of rotatable bonds is 5. The van der Waals surface area contributed by atoms with Crippen LogP contribution in [-0.4, -0.2) is 23.2 Å². The molecule has 0 radical (unpaired) electrons. The van der Waals surface area contributed by atoms with Gasteiger partial charge in [0, 0.05) is 28.7 Å². The highest BCUT2D eigenvalue weighted by Crippen LogP contribution is 2.32. The van der Waals surface area contributed by atoms with Gasteiger partial charge in [-0.05, 0) is 37.0 Å². The summed E-state index contributed by atoms with van der Waals surface area (Å²) in [5.41, 5.74) is 1.03. The number of hydrogen-bond donors (Lipinski definition) is 2. The van der Waals surface area contributed by atoms with Gasteiger partial charge in [-0.2, -0.15) is 10.4 Å². The first kappa shape index (κ1) is 16.0. The van der Waals surface area contributed by atoms with Gasteiger partial charge in [0.05, 0.1) is 6.20 Å². The van der Waals surface area contributed by atoms with E-state index in [1.807, 2.05) is 6.07 Å². The SMILES string of the molecule is N#Cc1c(NS(=O)(=O)c2c[nH]c3cc(Cl)ccc23)cnn1CC1CC1. The Labute approximate surface area is 149 Å². The third-order valence-electron chi connectivity index (χ3n) is 4.21. The van der Waals surface area contributed by atoms with Crippen molar-refractivity contribution in [2.45, 2.75) is 24.3 Å². The highest BCUT2D eigenvalue weighted by atomic mass is 35.5. The van der Waals surface area contributed by atoms with Crippen molar-refractivity contribution in [2.24, 2.45) is 5.92 Å². The van der Waals surface area contributed by atoms with Gasteiger partial charge in [-0.25, -0.2) is 8.42 Å². The van der Waals surface area contributed by atoms with E-state index in [0.717, 1.165) is 12.8 Å². The van der Waals surface area contributed by atoms with Crippen molar-refractivity contribution in [2.75, 3.05) is 4.72 Å². The largest absolute Gasteiger partial charge is 0.360 e. The van der Waals surface area contributed by atoms with Crippen LogP contribution in [0.1, 0.15) is 18.5 Å². The van der Waals surface area contributed by atoms with E-state index in [4.69, 9.17) is 11.6 Å². The Kier molecular flexibility index (Phi) is 3.71. The molecule has 2 heterocycles. The molecule has 0 aliphatic heterocycles. The summed E-state index contributed by atoms with van der Waals surface area (Å²) in [7, 11) is -3.87. The molecule has 9 heteroatoms. The van der Waals surface area contributed by atoms with Crippen molar-refractivity contribution >= 4 is 38.2 Å². The monoisotopic (exact) mass is 375 g/mol. The number of halogens is 1. The summed E-state index contributed by atoms with van der Waals surface area (Å²) in [6, 6.07) is 6.97. The molecule has 0 saturated heterocycles. The molecule has 0 unspecified atom stereocenters. The highest BCUT2D eigenvalue weighted by molar-refractivity contribution is 7.93. The van der Waals surface area contributed by atoms with Crippen LogP contribution in [0.25, 0.3) is 10.9 Å². The quantitative estimate of drug-likeness (QED) is 0.714. The van der Waals surface area contributed by atoms with Gasteiger partial charge in [0.2, 0.25) is 0 Å². The maximum Gasteiger partial charge on any atom is 0.264 e. The molecule has 25 heavy (non-hydrogen) atoms. The summed E-state index contributed by atoms with van der Waals surface area (Å²) >= 11 is 5.93. The van der Waals surface area contributed by atoms with Crippen LogP contribution >= 0.6 is 11.6 Å². The lowest BCUT2D eigenvalue weighted by Crippen LogP contribution is -2.13. The second kappa shape index (κ2) is 5.79. The maximum absolute atomic E-state index is 12.8. The molecule has 1 aromatic carbocycles. The number of aromatic amines is 1. The van der Waals surface area contributed by atoms with Crippen LogP contribution < -0.4 is 4.72 Å². The number of nitriles is 1. The summed E-state index contributed by atoms with van der Waals surface area (Å²) in [6.07, 6.45) is 5.02. The lowest BCUT2D eigenvalue weighted by Gasteiger charge is -2.06. The Morgan fingerprint density at radius 2 is 2.24 bits per heavy atom. The van der Waals surface area contributed by atoms with Gasteiger partial charge >= 0.3 is 0 Å². The molecule has 3 aromatic rings. The molecule has 0 atom stereocenters. The minimum Gasteiger partial charge on any atom is -0.360 e. The average Bonchev–Trinajstić information content (AvgIpc) is 3.14. The van der Waals surface area contributed by atoms with E-state index in [2.05, 4.69) is 14.8 Å².